The van der Waals surface area contributed by atoms with Crippen molar-refractivity contribution < 1.29 is 0 Å². The van der Waals surface area contributed by atoms with Gasteiger partial charge in [-0.05, 0) is 123 Å². The lowest BCUT2D eigenvalue weighted by Crippen LogP contribution is -2.17. The normalized spacial score (nSPS) is 14.6. The standard InChI is InChI=1S/C51H39NS/c1-51(2)47-16-10-9-15-43(47)44-28-23-39(32-48(44)51)37-19-17-36(18-20-37)38-24-29-49-45(31-38)46-33-42(27-30-50(46)53-49)52(40-13-7-4-8-14-40)41-25-21-35(22-26-41)34-11-5-3-6-12-34/h3-22,24-27,29-33H,23,28H2,1-2H3. The monoisotopic (exact) mass is 697 g/mol. The molecule has 2 heteroatoms. The van der Waals surface area contributed by atoms with Crippen LogP contribution >= 0.6 is 11.3 Å². The molecule has 10 rings (SSSR count). The molecule has 1 heterocycles. The third-order valence-corrected chi connectivity index (χ3v) is 12.6. The molecule has 53 heavy (non-hydrogen) atoms. The van der Waals surface area contributed by atoms with Gasteiger partial charge in [0.25, 0.3) is 0 Å². The molecule has 0 bridgehead atoms. The number of allylic oxidation sites excluding steroid dienone is 4. The Bertz CT molecular complexity index is 2710. The minimum Gasteiger partial charge on any atom is -0.310 e. The van der Waals surface area contributed by atoms with Gasteiger partial charge in [0.05, 0.1) is 0 Å². The highest BCUT2D eigenvalue weighted by molar-refractivity contribution is 7.25. The molecule has 0 atom stereocenters. The lowest BCUT2D eigenvalue weighted by Gasteiger charge is -2.26. The molecule has 1 nitrogen and oxygen atoms in total. The van der Waals surface area contributed by atoms with Gasteiger partial charge in [0.15, 0.2) is 0 Å². The van der Waals surface area contributed by atoms with Crippen LogP contribution in [0.2, 0.25) is 0 Å². The maximum atomic E-state index is 2.49. The van der Waals surface area contributed by atoms with Crippen molar-refractivity contribution in [2.75, 3.05) is 4.90 Å². The zero-order valence-corrected chi connectivity index (χ0v) is 30.8. The van der Waals surface area contributed by atoms with Crippen LogP contribution in [0.1, 0.15) is 43.4 Å². The molecule has 0 fully saturated rings. The highest BCUT2D eigenvalue weighted by Gasteiger charge is 2.37. The van der Waals surface area contributed by atoms with E-state index in [9.17, 15) is 0 Å². The van der Waals surface area contributed by atoms with E-state index in [-0.39, 0.29) is 5.41 Å². The van der Waals surface area contributed by atoms with Crippen LogP contribution in [0.25, 0.3) is 53.6 Å². The SMILES string of the molecule is CC1(C)C2=C(CCC(c3ccc(-c4ccc5sc6ccc(N(c7ccccc7)c7ccc(-c8ccccc8)cc7)cc6c5c4)cc3)=C2)c2ccccc21. The lowest BCUT2D eigenvalue weighted by molar-refractivity contribution is 0.652. The maximum Gasteiger partial charge on any atom is 0.0468 e. The second-order valence-corrected chi connectivity index (χ2v) is 16.0. The summed E-state index contributed by atoms with van der Waals surface area (Å²) in [5.74, 6) is 0. The summed E-state index contributed by atoms with van der Waals surface area (Å²) >= 11 is 1.87. The average Bonchev–Trinajstić information content (AvgIpc) is 3.70. The van der Waals surface area contributed by atoms with E-state index in [2.05, 4.69) is 195 Å². The largest absolute Gasteiger partial charge is 0.310 e. The van der Waals surface area contributed by atoms with Crippen molar-refractivity contribution in [1.82, 2.24) is 0 Å². The summed E-state index contributed by atoms with van der Waals surface area (Å²) in [6.45, 7) is 4.76. The molecule has 0 unspecified atom stereocenters. The molecular weight excluding hydrogens is 659 g/mol. The number of hydrogen-bond acceptors (Lipinski definition) is 2. The van der Waals surface area contributed by atoms with E-state index < -0.39 is 0 Å². The Morgan fingerprint density at radius 2 is 1.02 bits per heavy atom. The Morgan fingerprint density at radius 1 is 0.472 bits per heavy atom. The fraction of sp³-hybridized carbons (Fsp3) is 0.0980. The maximum absolute atomic E-state index is 2.49. The quantitative estimate of drug-likeness (QED) is 0.167. The molecule has 7 aromatic carbocycles. The molecule has 1 aromatic heterocycles. The molecule has 0 saturated heterocycles. The summed E-state index contributed by atoms with van der Waals surface area (Å²) in [7, 11) is 0. The molecule has 0 spiro atoms. The van der Waals surface area contributed by atoms with Gasteiger partial charge in [0.2, 0.25) is 0 Å². The number of benzene rings is 7. The van der Waals surface area contributed by atoms with Gasteiger partial charge < -0.3 is 4.90 Å². The van der Waals surface area contributed by atoms with Gasteiger partial charge in [-0.25, -0.2) is 0 Å². The summed E-state index contributed by atoms with van der Waals surface area (Å²) in [6, 6.07) is 62.4. The highest BCUT2D eigenvalue weighted by atomic mass is 32.1. The smallest absolute Gasteiger partial charge is 0.0468 e. The molecule has 8 aromatic rings. The molecule has 0 radical (unpaired) electrons. The Morgan fingerprint density at radius 3 is 1.79 bits per heavy atom. The van der Waals surface area contributed by atoms with Crippen LogP contribution in [0, 0.1) is 0 Å². The summed E-state index contributed by atoms with van der Waals surface area (Å²) in [5.41, 5.74) is 17.1. The predicted molar refractivity (Wildman–Crippen MR) is 228 cm³/mol. The zero-order chi connectivity index (χ0) is 35.5. The third-order valence-electron chi connectivity index (χ3n) is 11.4. The summed E-state index contributed by atoms with van der Waals surface area (Å²) in [4.78, 5) is 2.37. The zero-order valence-electron chi connectivity index (χ0n) is 30.0. The fourth-order valence-corrected chi connectivity index (χ4v) is 9.71. The first-order valence-corrected chi connectivity index (χ1v) is 19.4. The van der Waals surface area contributed by atoms with Crippen LogP contribution in [-0.4, -0.2) is 0 Å². The van der Waals surface area contributed by atoms with Crippen molar-refractivity contribution >= 4 is 59.7 Å². The fourth-order valence-electron chi connectivity index (χ4n) is 8.65. The van der Waals surface area contributed by atoms with E-state index in [1.807, 2.05) is 11.3 Å². The van der Waals surface area contributed by atoms with Crippen molar-refractivity contribution in [3.8, 4) is 22.3 Å². The second kappa shape index (κ2) is 12.6. The summed E-state index contributed by atoms with van der Waals surface area (Å²) < 4.78 is 2.62. The minimum absolute atomic E-state index is 0.0429. The number of rotatable bonds is 6. The van der Waals surface area contributed by atoms with E-state index >= 15 is 0 Å². The molecule has 0 N–H and O–H groups in total. The van der Waals surface area contributed by atoms with E-state index in [4.69, 9.17) is 0 Å². The van der Waals surface area contributed by atoms with E-state index in [1.165, 1.54) is 70.3 Å². The first-order valence-electron chi connectivity index (χ1n) is 18.6. The number of anilines is 3. The first-order chi connectivity index (χ1) is 26.0. The van der Waals surface area contributed by atoms with E-state index in [1.54, 1.807) is 5.57 Å². The number of nitrogens with zero attached hydrogens (tertiary/aromatic N) is 1. The van der Waals surface area contributed by atoms with Gasteiger partial charge in [-0.2, -0.15) is 0 Å². The van der Waals surface area contributed by atoms with Crippen molar-refractivity contribution in [3.05, 3.63) is 198 Å². The number of thiophene rings is 1. The van der Waals surface area contributed by atoms with Gasteiger partial charge in [-0.1, -0.05) is 135 Å². The number of para-hydroxylation sites is 1. The molecule has 254 valence electrons. The number of hydrogen-bond donors (Lipinski definition) is 0. The topological polar surface area (TPSA) is 3.24 Å². The van der Waals surface area contributed by atoms with Crippen molar-refractivity contribution in [2.45, 2.75) is 32.1 Å². The molecular formula is C51H39NS. The Hall–Kier alpha value is -5.96. The van der Waals surface area contributed by atoms with Gasteiger partial charge >= 0.3 is 0 Å². The Balaban J connectivity index is 0.988. The van der Waals surface area contributed by atoms with Gasteiger partial charge in [0, 0.05) is 42.6 Å². The Labute approximate surface area is 315 Å². The highest BCUT2D eigenvalue weighted by Crippen LogP contribution is 2.52. The molecule has 2 aliphatic rings. The van der Waals surface area contributed by atoms with Crippen LogP contribution in [0.15, 0.2) is 182 Å². The van der Waals surface area contributed by atoms with Crippen molar-refractivity contribution in [3.63, 3.8) is 0 Å². The lowest BCUT2D eigenvalue weighted by atomic mass is 9.78. The summed E-state index contributed by atoms with van der Waals surface area (Å²) in [6.07, 6.45) is 4.67. The van der Waals surface area contributed by atoms with Crippen LogP contribution in [0.5, 0.6) is 0 Å². The van der Waals surface area contributed by atoms with E-state index in [0.717, 1.165) is 29.9 Å². The van der Waals surface area contributed by atoms with Gasteiger partial charge in [0.1, 0.15) is 0 Å². The van der Waals surface area contributed by atoms with Crippen LogP contribution in [0.3, 0.4) is 0 Å². The first kappa shape index (κ1) is 31.7. The predicted octanol–water partition coefficient (Wildman–Crippen LogP) is 14.8. The molecule has 0 aliphatic heterocycles. The second-order valence-electron chi connectivity index (χ2n) is 14.9. The van der Waals surface area contributed by atoms with Crippen molar-refractivity contribution in [1.29, 1.82) is 0 Å². The van der Waals surface area contributed by atoms with Crippen molar-refractivity contribution in [2.24, 2.45) is 0 Å². The van der Waals surface area contributed by atoms with Crippen LogP contribution < -0.4 is 4.90 Å². The summed E-state index contributed by atoms with van der Waals surface area (Å²) in [5, 5.41) is 2.60. The average molecular weight is 698 g/mol. The van der Waals surface area contributed by atoms with Gasteiger partial charge in [-0.15, -0.1) is 11.3 Å². The molecule has 0 amide bonds. The van der Waals surface area contributed by atoms with E-state index in [0.29, 0.717) is 0 Å². The van der Waals surface area contributed by atoms with Crippen LogP contribution in [-0.2, 0) is 5.41 Å². The minimum atomic E-state index is 0.0429. The van der Waals surface area contributed by atoms with Crippen LogP contribution in [0.4, 0.5) is 17.1 Å². The third kappa shape index (κ3) is 5.45. The van der Waals surface area contributed by atoms with Gasteiger partial charge in [-0.3, -0.25) is 0 Å². The molecule has 2 aliphatic carbocycles. The molecule has 0 saturated carbocycles. The number of fused-ring (bicyclic) bond motifs is 5. The Kier molecular flexibility index (Phi) is 7.56.